The molecular weight excluding hydrogens is 296 g/mol. The van der Waals surface area contributed by atoms with E-state index in [1.54, 1.807) is 0 Å². The van der Waals surface area contributed by atoms with Crippen LogP contribution in [0.5, 0.6) is 0 Å². The Morgan fingerprint density at radius 3 is 2.68 bits per heavy atom. The summed E-state index contributed by atoms with van der Waals surface area (Å²) in [7, 11) is 2.22. The van der Waals surface area contributed by atoms with Gasteiger partial charge in [0.25, 0.3) is 5.56 Å². The van der Waals surface area contributed by atoms with Crippen molar-refractivity contribution in [1.29, 1.82) is 0 Å². The number of ether oxygens (including phenoxy) is 2. The number of nitrogens with one attached hydrogen (secondary N) is 1. The number of nitrogens with zero attached hydrogens (tertiary/aromatic N) is 1. The third kappa shape index (κ3) is 4.26. The van der Waals surface area contributed by atoms with Gasteiger partial charge in [-0.1, -0.05) is 0 Å². The van der Waals surface area contributed by atoms with E-state index in [2.05, 4.69) is 9.72 Å². The minimum atomic E-state index is -0.617. The number of hydrogen-bond donors (Lipinski definition) is 3. The van der Waals surface area contributed by atoms with Crippen molar-refractivity contribution in [3.05, 3.63) is 32.6 Å². The molecule has 0 amide bonds. The van der Waals surface area contributed by atoms with E-state index in [0.29, 0.717) is 12.8 Å². The van der Waals surface area contributed by atoms with Crippen LogP contribution < -0.4 is 11.2 Å². The van der Waals surface area contributed by atoms with Crippen LogP contribution in [0.4, 0.5) is 0 Å². The van der Waals surface area contributed by atoms with Gasteiger partial charge >= 0.3 is 11.7 Å². The highest BCUT2D eigenvalue weighted by Gasteiger charge is 2.27. The van der Waals surface area contributed by atoms with Crippen molar-refractivity contribution >= 4 is 5.97 Å². The lowest BCUT2D eigenvalue weighted by molar-refractivity contribution is -0.139. The van der Waals surface area contributed by atoms with Crippen LogP contribution in [-0.2, 0) is 20.7 Å². The van der Waals surface area contributed by atoms with Crippen LogP contribution in [-0.4, -0.2) is 52.7 Å². The number of aromatic amines is 1. The fraction of sp³-hybridized carbons (Fsp3) is 0.615. The molecule has 0 aliphatic carbocycles. The topological polar surface area (TPSA) is 131 Å². The number of aliphatic hydroxyl groups is 2. The zero-order valence-electron chi connectivity index (χ0n) is 12.4. The van der Waals surface area contributed by atoms with Gasteiger partial charge in [-0.05, 0) is 12.8 Å². The van der Waals surface area contributed by atoms with Crippen molar-refractivity contribution in [1.82, 2.24) is 9.55 Å². The summed E-state index contributed by atoms with van der Waals surface area (Å²) in [6.07, 6.45) is 1.40. The van der Waals surface area contributed by atoms with Crippen molar-refractivity contribution in [2.75, 3.05) is 20.8 Å². The molecule has 0 spiro atoms. The lowest BCUT2D eigenvalue weighted by Crippen LogP contribution is -2.35. The van der Waals surface area contributed by atoms with Crippen LogP contribution in [0.25, 0.3) is 0 Å². The van der Waals surface area contributed by atoms with E-state index in [0.717, 1.165) is 7.11 Å². The highest BCUT2D eigenvalue weighted by Crippen LogP contribution is 2.26. The Morgan fingerprint density at radius 1 is 1.45 bits per heavy atom. The number of carbonyl (C=O) groups excluding carboxylic acids is 1. The first-order valence-corrected chi connectivity index (χ1v) is 6.67. The summed E-state index contributed by atoms with van der Waals surface area (Å²) in [6.45, 7) is -0.121. The standard InChI is InChI=1S/C12H16N2O6.CH4O/c1-19-10(16)4-7-5-14(12(18)13-11(7)17)9-3-2-8(6-15)20-9;1-2/h5,8-9,15H,2-4,6H2,1H3,(H,13,17,18);2H,1H3. The number of esters is 1. The number of hydrogen-bond acceptors (Lipinski definition) is 7. The van der Waals surface area contributed by atoms with Gasteiger partial charge in [0.2, 0.25) is 0 Å². The van der Waals surface area contributed by atoms with Crippen molar-refractivity contribution < 1.29 is 24.5 Å². The second-order valence-electron chi connectivity index (χ2n) is 4.55. The predicted octanol–water partition coefficient (Wildman–Crippen LogP) is -1.47. The molecule has 22 heavy (non-hydrogen) atoms. The van der Waals surface area contributed by atoms with Crippen molar-refractivity contribution in [2.45, 2.75) is 31.6 Å². The number of aromatic nitrogens is 2. The lowest BCUT2D eigenvalue weighted by Gasteiger charge is -2.15. The van der Waals surface area contributed by atoms with Crippen LogP contribution in [0.1, 0.15) is 24.6 Å². The smallest absolute Gasteiger partial charge is 0.330 e. The largest absolute Gasteiger partial charge is 0.469 e. The van der Waals surface area contributed by atoms with Crippen LogP contribution >= 0.6 is 0 Å². The van der Waals surface area contributed by atoms with Gasteiger partial charge in [-0.2, -0.15) is 0 Å². The monoisotopic (exact) mass is 316 g/mol. The van der Waals surface area contributed by atoms with Crippen molar-refractivity contribution in [3.8, 4) is 0 Å². The average Bonchev–Trinajstić information content (AvgIpc) is 3.00. The van der Waals surface area contributed by atoms with Gasteiger partial charge in [0.1, 0.15) is 6.23 Å². The fourth-order valence-corrected chi connectivity index (χ4v) is 2.12. The summed E-state index contributed by atoms with van der Waals surface area (Å²) in [5.74, 6) is -0.568. The molecule has 9 heteroatoms. The number of carbonyl (C=O) groups is 1. The summed E-state index contributed by atoms with van der Waals surface area (Å²) in [5, 5.41) is 16.0. The molecule has 1 saturated heterocycles. The molecular formula is C13H20N2O7. The predicted molar refractivity (Wildman–Crippen MR) is 75.4 cm³/mol. The van der Waals surface area contributed by atoms with Gasteiger partial charge in [0, 0.05) is 18.9 Å². The van der Waals surface area contributed by atoms with Crippen LogP contribution in [0, 0.1) is 0 Å². The maximum absolute atomic E-state index is 11.8. The number of aliphatic hydroxyl groups excluding tert-OH is 2. The minimum absolute atomic E-state index is 0.121. The van der Waals surface area contributed by atoms with E-state index >= 15 is 0 Å². The Labute approximate surface area is 126 Å². The molecule has 0 aromatic carbocycles. The molecule has 0 radical (unpaired) electrons. The highest BCUT2D eigenvalue weighted by atomic mass is 16.5. The average molecular weight is 316 g/mol. The molecule has 1 fully saturated rings. The molecule has 0 saturated carbocycles. The summed E-state index contributed by atoms with van der Waals surface area (Å²) < 4.78 is 11.2. The van der Waals surface area contributed by atoms with Crippen LogP contribution in [0.15, 0.2) is 15.8 Å². The van der Waals surface area contributed by atoms with E-state index in [1.165, 1.54) is 17.9 Å². The molecule has 1 aliphatic rings. The first-order chi connectivity index (χ1) is 10.5. The Morgan fingerprint density at radius 2 is 2.14 bits per heavy atom. The van der Waals surface area contributed by atoms with Crippen molar-refractivity contribution in [2.24, 2.45) is 0 Å². The molecule has 2 unspecified atom stereocenters. The second kappa shape index (κ2) is 8.47. The minimum Gasteiger partial charge on any atom is -0.469 e. The van der Waals surface area contributed by atoms with Crippen molar-refractivity contribution in [3.63, 3.8) is 0 Å². The van der Waals surface area contributed by atoms with E-state index in [1.807, 2.05) is 0 Å². The Hall–Kier alpha value is -1.97. The summed E-state index contributed by atoms with van der Waals surface area (Å²) >= 11 is 0. The second-order valence-corrected chi connectivity index (χ2v) is 4.55. The molecule has 9 nitrogen and oxygen atoms in total. The van der Waals surface area contributed by atoms with E-state index in [4.69, 9.17) is 14.9 Å². The number of rotatable bonds is 4. The molecule has 2 atom stereocenters. The maximum Gasteiger partial charge on any atom is 0.330 e. The van der Waals surface area contributed by atoms with Gasteiger partial charge in [0.15, 0.2) is 0 Å². The van der Waals surface area contributed by atoms with Gasteiger partial charge < -0.3 is 19.7 Å². The van der Waals surface area contributed by atoms with Crippen LogP contribution in [0.3, 0.4) is 0 Å². The van der Waals surface area contributed by atoms with E-state index in [9.17, 15) is 14.4 Å². The zero-order valence-corrected chi connectivity index (χ0v) is 12.4. The molecule has 1 aliphatic heterocycles. The van der Waals surface area contributed by atoms with Gasteiger partial charge in [-0.25, -0.2) is 4.79 Å². The first-order valence-electron chi connectivity index (χ1n) is 6.67. The van der Waals surface area contributed by atoms with E-state index in [-0.39, 0.29) is 24.7 Å². The van der Waals surface area contributed by atoms with Gasteiger partial charge in [-0.3, -0.25) is 19.1 Å². The third-order valence-electron chi connectivity index (χ3n) is 3.20. The molecule has 2 heterocycles. The molecule has 1 aromatic heterocycles. The summed E-state index contributed by atoms with van der Waals surface area (Å²) in [4.78, 5) is 36.8. The summed E-state index contributed by atoms with van der Waals surface area (Å²) in [5.41, 5.74) is -1.09. The molecule has 2 rings (SSSR count). The fourth-order valence-electron chi connectivity index (χ4n) is 2.12. The van der Waals surface area contributed by atoms with Gasteiger partial charge in [0.05, 0.1) is 26.2 Å². The lowest BCUT2D eigenvalue weighted by atomic mass is 10.2. The third-order valence-corrected chi connectivity index (χ3v) is 3.20. The first kappa shape index (κ1) is 18.1. The Kier molecular flexibility index (Phi) is 6.96. The molecule has 124 valence electrons. The Bertz CT molecular complexity index is 607. The van der Waals surface area contributed by atoms with Gasteiger partial charge in [-0.15, -0.1) is 0 Å². The summed E-state index contributed by atoms with van der Waals surface area (Å²) in [6, 6.07) is 0. The quantitative estimate of drug-likeness (QED) is 0.578. The van der Waals surface area contributed by atoms with Crippen LogP contribution in [0.2, 0.25) is 0 Å². The highest BCUT2D eigenvalue weighted by molar-refractivity contribution is 5.72. The normalized spacial score (nSPS) is 20.2. The number of methoxy groups -OCH3 is 1. The number of H-pyrrole nitrogens is 1. The molecule has 1 aromatic rings. The SMILES string of the molecule is CO.COC(=O)Cc1cn(C2CCC(CO)O2)c(=O)[nH]c1=O. The molecule has 0 bridgehead atoms. The zero-order chi connectivity index (χ0) is 16.7. The Balaban J connectivity index is 0.00000116. The van der Waals surface area contributed by atoms with E-state index < -0.39 is 23.4 Å². The molecule has 3 N–H and O–H groups in total. The maximum atomic E-state index is 11.8.